The number of methoxy groups -OCH3 is 1. The van der Waals surface area contributed by atoms with E-state index in [0.717, 1.165) is 11.3 Å². The molecule has 8 heteroatoms. The normalized spacial score (nSPS) is 32.4. The van der Waals surface area contributed by atoms with E-state index in [4.69, 9.17) is 23.7 Å². The quantitative estimate of drug-likeness (QED) is 0.502. The minimum atomic E-state index is -1.22. The second kappa shape index (κ2) is 11.2. The highest BCUT2D eigenvalue weighted by atomic mass is 16.8. The van der Waals surface area contributed by atoms with E-state index in [9.17, 15) is 10.2 Å². The first-order valence-electron chi connectivity index (χ1n) is 11.7. The number of hydrogen-bond acceptors (Lipinski definition) is 8. The van der Waals surface area contributed by atoms with E-state index in [-0.39, 0.29) is 24.9 Å². The third kappa shape index (κ3) is 6.38. The van der Waals surface area contributed by atoms with Crippen LogP contribution in [0.2, 0.25) is 0 Å². The van der Waals surface area contributed by atoms with Gasteiger partial charge in [-0.25, -0.2) is 0 Å². The molecule has 1 aromatic rings. The maximum atomic E-state index is 11.1. The highest BCUT2D eigenvalue weighted by Crippen LogP contribution is 2.37. The van der Waals surface area contributed by atoms with Gasteiger partial charge in [-0.15, -0.1) is 0 Å². The monoisotopic (exact) mass is 477 g/mol. The van der Waals surface area contributed by atoms with Gasteiger partial charge in [0, 0.05) is 38.9 Å². The Morgan fingerprint density at radius 3 is 2.53 bits per heavy atom. The summed E-state index contributed by atoms with van der Waals surface area (Å²) in [6.45, 7) is 7.59. The van der Waals surface area contributed by atoms with E-state index in [1.165, 1.54) is 0 Å². The molecular formula is C26H39NO7. The summed E-state index contributed by atoms with van der Waals surface area (Å²) in [5.74, 6) is -0.386. The average Bonchev–Trinajstić information content (AvgIpc) is 3.08. The van der Waals surface area contributed by atoms with Crippen LogP contribution in [0, 0.1) is 5.92 Å². The van der Waals surface area contributed by atoms with Gasteiger partial charge >= 0.3 is 0 Å². The van der Waals surface area contributed by atoms with Crippen LogP contribution in [0.3, 0.4) is 0 Å². The summed E-state index contributed by atoms with van der Waals surface area (Å²) in [6.07, 6.45) is 4.78. The molecule has 2 aliphatic rings. The first-order chi connectivity index (χ1) is 16.0. The predicted octanol–water partition coefficient (Wildman–Crippen LogP) is 3.62. The highest BCUT2D eigenvalue weighted by Gasteiger charge is 2.43. The van der Waals surface area contributed by atoms with Gasteiger partial charge in [0.05, 0.1) is 17.8 Å². The van der Waals surface area contributed by atoms with Crippen LogP contribution in [0.1, 0.15) is 51.5 Å². The lowest BCUT2D eigenvalue weighted by atomic mass is 9.98. The molecule has 0 radical (unpaired) electrons. The number of benzene rings is 1. The topological polar surface area (TPSA) is 89.9 Å². The fourth-order valence-electron chi connectivity index (χ4n) is 4.15. The molecule has 1 aromatic carbocycles. The standard InChI is InChI=1S/C26H39NO7/c1-16-11-12-20(28)24-21(33-26(3,4)34-24)10-8-9-18-13-19(27(5)6)14-22(31-15-30-7)23(18)25(29)32-17(16)2/h8-9,11-14,16-17,20-21,24-25,28-29H,10,15H2,1-7H3/b9-8?,12-11-/t16-,17+,20+,21+,24-,25+/m1/s1. The summed E-state index contributed by atoms with van der Waals surface area (Å²) < 4.78 is 29.1. The number of anilines is 1. The molecule has 0 amide bonds. The minimum absolute atomic E-state index is 0.0380. The number of hydrogen-bond donors (Lipinski definition) is 2. The van der Waals surface area contributed by atoms with Crippen LogP contribution in [0.4, 0.5) is 5.69 Å². The molecule has 34 heavy (non-hydrogen) atoms. The Kier molecular flexibility index (Phi) is 8.78. The molecule has 2 heterocycles. The second-order valence-corrected chi connectivity index (χ2v) is 9.60. The van der Waals surface area contributed by atoms with Crippen molar-refractivity contribution in [3.8, 4) is 5.75 Å². The Labute approximate surface area is 202 Å². The van der Waals surface area contributed by atoms with Crippen molar-refractivity contribution in [2.45, 2.75) is 70.6 Å². The first kappa shape index (κ1) is 26.7. The summed E-state index contributed by atoms with van der Waals surface area (Å²) in [5, 5.41) is 21.9. The van der Waals surface area contributed by atoms with Gasteiger partial charge in [0.1, 0.15) is 18.0 Å². The summed E-state index contributed by atoms with van der Waals surface area (Å²) in [6, 6.07) is 3.83. The zero-order chi connectivity index (χ0) is 25.0. The molecule has 190 valence electrons. The van der Waals surface area contributed by atoms with Gasteiger partial charge < -0.3 is 38.8 Å². The van der Waals surface area contributed by atoms with Crippen molar-refractivity contribution in [3.63, 3.8) is 0 Å². The molecule has 0 unspecified atom stereocenters. The van der Waals surface area contributed by atoms with Crippen molar-refractivity contribution < 1.29 is 33.9 Å². The number of nitrogens with zero attached hydrogens (tertiary/aromatic N) is 1. The third-order valence-electron chi connectivity index (χ3n) is 6.17. The molecule has 8 nitrogen and oxygen atoms in total. The Hall–Kier alpha value is -1.94. The fraction of sp³-hybridized carbons (Fsp3) is 0.615. The molecule has 1 saturated heterocycles. The first-order valence-corrected chi connectivity index (χ1v) is 11.7. The number of ether oxygens (including phenoxy) is 5. The second-order valence-electron chi connectivity index (χ2n) is 9.60. The van der Waals surface area contributed by atoms with E-state index < -0.39 is 24.3 Å². The summed E-state index contributed by atoms with van der Waals surface area (Å²) in [7, 11) is 5.43. The molecule has 0 bridgehead atoms. The van der Waals surface area contributed by atoms with Crippen molar-refractivity contribution in [1.29, 1.82) is 0 Å². The van der Waals surface area contributed by atoms with Crippen LogP contribution in [0.5, 0.6) is 5.75 Å². The Bertz CT molecular complexity index is 882. The van der Waals surface area contributed by atoms with Crippen LogP contribution in [0.15, 0.2) is 30.4 Å². The third-order valence-corrected chi connectivity index (χ3v) is 6.17. The molecular weight excluding hydrogens is 438 g/mol. The summed E-state index contributed by atoms with van der Waals surface area (Å²) in [4.78, 5) is 1.96. The molecule has 0 saturated carbocycles. The lowest BCUT2D eigenvalue weighted by Gasteiger charge is -2.27. The van der Waals surface area contributed by atoms with Gasteiger partial charge in [0.25, 0.3) is 0 Å². The fourth-order valence-corrected chi connectivity index (χ4v) is 4.15. The van der Waals surface area contributed by atoms with Crippen LogP contribution >= 0.6 is 0 Å². The summed E-state index contributed by atoms with van der Waals surface area (Å²) in [5.41, 5.74) is 2.19. The number of aliphatic hydroxyl groups excluding tert-OH is 2. The van der Waals surface area contributed by atoms with Gasteiger partial charge in [0.15, 0.2) is 18.9 Å². The lowest BCUT2D eigenvalue weighted by Crippen LogP contribution is -2.34. The predicted molar refractivity (Wildman–Crippen MR) is 131 cm³/mol. The van der Waals surface area contributed by atoms with E-state index in [1.807, 2.05) is 77.1 Å². The number of aliphatic hydroxyl groups is 2. The van der Waals surface area contributed by atoms with Gasteiger partial charge in [-0.3, -0.25) is 0 Å². The largest absolute Gasteiger partial charge is 0.467 e. The van der Waals surface area contributed by atoms with Gasteiger partial charge in [-0.2, -0.15) is 0 Å². The van der Waals surface area contributed by atoms with Crippen molar-refractivity contribution in [2.75, 3.05) is 32.9 Å². The maximum Gasteiger partial charge on any atom is 0.188 e. The van der Waals surface area contributed by atoms with Crippen LogP contribution in [-0.4, -0.2) is 68.4 Å². The van der Waals surface area contributed by atoms with Gasteiger partial charge in [-0.05, 0) is 38.8 Å². The molecule has 1 fully saturated rings. The molecule has 2 aliphatic heterocycles. The zero-order valence-corrected chi connectivity index (χ0v) is 21.2. The van der Waals surface area contributed by atoms with Gasteiger partial charge in [0.2, 0.25) is 0 Å². The minimum Gasteiger partial charge on any atom is -0.467 e. The average molecular weight is 478 g/mol. The molecule has 0 aliphatic carbocycles. The van der Waals surface area contributed by atoms with Crippen molar-refractivity contribution in [3.05, 3.63) is 41.5 Å². The maximum absolute atomic E-state index is 11.1. The summed E-state index contributed by atoms with van der Waals surface area (Å²) >= 11 is 0. The Morgan fingerprint density at radius 1 is 1.12 bits per heavy atom. The molecule has 6 atom stereocenters. The van der Waals surface area contributed by atoms with E-state index in [0.29, 0.717) is 17.7 Å². The number of fused-ring (bicyclic) bond motifs is 2. The molecule has 2 N–H and O–H groups in total. The Balaban J connectivity index is 2.08. The Morgan fingerprint density at radius 2 is 1.85 bits per heavy atom. The van der Waals surface area contributed by atoms with Crippen LogP contribution in [-0.2, 0) is 18.9 Å². The lowest BCUT2D eigenvalue weighted by molar-refractivity contribution is -0.152. The molecule has 3 rings (SSSR count). The van der Waals surface area contributed by atoms with E-state index >= 15 is 0 Å². The highest BCUT2D eigenvalue weighted by molar-refractivity contribution is 5.66. The number of rotatable bonds is 4. The van der Waals surface area contributed by atoms with Gasteiger partial charge in [-0.1, -0.05) is 31.2 Å². The zero-order valence-electron chi connectivity index (χ0n) is 21.2. The van der Waals surface area contributed by atoms with Crippen molar-refractivity contribution in [2.24, 2.45) is 5.92 Å². The van der Waals surface area contributed by atoms with E-state index in [2.05, 4.69) is 0 Å². The smallest absolute Gasteiger partial charge is 0.188 e. The molecule has 0 spiro atoms. The van der Waals surface area contributed by atoms with E-state index in [1.54, 1.807) is 13.2 Å². The SMILES string of the molecule is COCOc1cc(N(C)C)cc2c1[C@@H](O)O[C@@H](C)[C@H](C)/C=C\[C@H](O)[C@H]1OC(C)(C)O[C@H]1CC=C2. The van der Waals surface area contributed by atoms with Crippen molar-refractivity contribution in [1.82, 2.24) is 0 Å². The molecule has 0 aromatic heterocycles. The van der Waals surface area contributed by atoms with Crippen LogP contribution in [0.25, 0.3) is 6.08 Å². The van der Waals surface area contributed by atoms with Crippen LogP contribution < -0.4 is 9.64 Å². The van der Waals surface area contributed by atoms with Crippen molar-refractivity contribution >= 4 is 11.8 Å².